The van der Waals surface area contributed by atoms with Crippen LogP contribution in [0.3, 0.4) is 0 Å². The molecule has 0 spiro atoms. The Morgan fingerprint density at radius 2 is 2.17 bits per heavy atom. The number of aliphatic hydroxyl groups excluding tert-OH is 1. The molecular weight excluding hydrogens is 230 g/mol. The van der Waals surface area contributed by atoms with Crippen molar-refractivity contribution in [2.24, 2.45) is 0 Å². The maximum Gasteiger partial charge on any atom is 0.272 e. The van der Waals surface area contributed by atoms with Gasteiger partial charge in [0.1, 0.15) is 5.69 Å². The van der Waals surface area contributed by atoms with Crippen molar-refractivity contribution in [3.8, 4) is 0 Å². The number of hydrogen-bond donors (Lipinski definition) is 1. The molecule has 98 valence electrons. The number of nitrogens with zero attached hydrogens (tertiary/aromatic N) is 3. The van der Waals surface area contributed by atoms with Crippen LogP contribution in [0.25, 0.3) is 0 Å². The van der Waals surface area contributed by atoms with Gasteiger partial charge in [-0.15, -0.1) is 0 Å². The summed E-state index contributed by atoms with van der Waals surface area (Å²) >= 11 is 0. The molecule has 1 amide bonds. The predicted octanol–water partition coefficient (Wildman–Crippen LogP) is 0.744. The Morgan fingerprint density at radius 1 is 1.50 bits per heavy atom. The van der Waals surface area contributed by atoms with E-state index >= 15 is 0 Å². The highest BCUT2D eigenvalue weighted by Gasteiger charge is 2.25. The Bertz CT molecular complexity index is 426. The van der Waals surface area contributed by atoms with Gasteiger partial charge in [-0.05, 0) is 26.0 Å². The quantitative estimate of drug-likeness (QED) is 0.855. The number of pyridine rings is 1. The fraction of sp³-hybridized carbons (Fsp3) is 0.538. The molecule has 1 aliphatic rings. The van der Waals surface area contributed by atoms with E-state index in [0.29, 0.717) is 31.9 Å². The molecule has 2 rings (SSSR count). The lowest BCUT2D eigenvalue weighted by molar-refractivity contribution is 0.0767. The van der Waals surface area contributed by atoms with E-state index in [4.69, 9.17) is 0 Å². The second-order valence-electron chi connectivity index (χ2n) is 4.44. The molecule has 1 N–H and O–H groups in total. The summed E-state index contributed by atoms with van der Waals surface area (Å²) in [5, 5.41) is 9.29. The summed E-state index contributed by atoms with van der Waals surface area (Å²) in [7, 11) is 0. The van der Waals surface area contributed by atoms with Gasteiger partial charge in [0.25, 0.3) is 5.91 Å². The first-order valence-electron chi connectivity index (χ1n) is 6.34. The third-order valence-corrected chi connectivity index (χ3v) is 3.24. The van der Waals surface area contributed by atoms with Crippen molar-refractivity contribution in [3.05, 3.63) is 24.0 Å². The molecule has 0 aliphatic carbocycles. The number of rotatable bonds is 4. The largest absolute Gasteiger partial charge is 0.389 e. The van der Waals surface area contributed by atoms with Gasteiger partial charge in [-0.2, -0.15) is 0 Å². The van der Waals surface area contributed by atoms with Crippen molar-refractivity contribution in [1.29, 1.82) is 0 Å². The Labute approximate surface area is 107 Å². The number of aliphatic hydroxyl groups is 1. The number of amides is 1. The van der Waals surface area contributed by atoms with Crippen LogP contribution in [-0.4, -0.2) is 53.2 Å². The second kappa shape index (κ2) is 5.35. The van der Waals surface area contributed by atoms with Gasteiger partial charge in [-0.1, -0.05) is 0 Å². The Morgan fingerprint density at radius 3 is 2.72 bits per heavy atom. The van der Waals surface area contributed by atoms with Crippen molar-refractivity contribution >= 4 is 11.6 Å². The van der Waals surface area contributed by atoms with Crippen molar-refractivity contribution in [2.75, 3.05) is 31.1 Å². The number of carbonyl (C=O) groups excluding carboxylic acids is 1. The Hall–Kier alpha value is -1.62. The molecule has 1 aromatic rings. The molecule has 0 unspecified atom stereocenters. The highest BCUT2D eigenvalue weighted by molar-refractivity contribution is 5.93. The van der Waals surface area contributed by atoms with Crippen LogP contribution in [0.5, 0.6) is 0 Å². The molecule has 18 heavy (non-hydrogen) atoms. The summed E-state index contributed by atoms with van der Waals surface area (Å²) in [5.41, 5.74) is 1.42. The van der Waals surface area contributed by atoms with E-state index in [1.54, 1.807) is 17.2 Å². The monoisotopic (exact) mass is 249 g/mol. The third-order valence-electron chi connectivity index (χ3n) is 3.24. The van der Waals surface area contributed by atoms with Gasteiger partial charge in [-0.3, -0.25) is 9.78 Å². The number of β-amino-alcohol motifs (C(OH)–C–C–N with tert-alkyl or cyclic N) is 1. The average molecular weight is 249 g/mol. The fourth-order valence-electron chi connectivity index (χ4n) is 2.07. The van der Waals surface area contributed by atoms with Crippen LogP contribution < -0.4 is 4.90 Å². The molecule has 5 heteroatoms. The van der Waals surface area contributed by atoms with Crippen molar-refractivity contribution in [2.45, 2.75) is 20.0 Å². The van der Waals surface area contributed by atoms with E-state index in [9.17, 15) is 9.90 Å². The molecule has 1 saturated heterocycles. The molecule has 0 saturated carbocycles. The third kappa shape index (κ3) is 2.46. The van der Waals surface area contributed by atoms with Gasteiger partial charge in [0.2, 0.25) is 0 Å². The van der Waals surface area contributed by atoms with Gasteiger partial charge >= 0.3 is 0 Å². The zero-order chi connectivity index (χ0) is 13.1. The van der Waals surface area contributed by atoms with Crippen LogP contribution in [-0.2, 0) is 0 Å². The SMILES string of the molecule is CCN(CC)C(=O)c1cc(N2CC(O)C2)ccn1. The zero-order valence-corrected chi connectivity index (χ0v) is 10.8. The van der Waals surface area contributed by atoms with Crippen molar-refractivity contribution in [3.63, 3.8) is 0 Å². The van der Waals surface area contributed by atoms with Gasteiger partial charge in [-0.25, -0.2) is 0 Å². The highest BCUT2D eigenvalue weighted by Crippen LogP contribution is 2.21. The lowest BCUT2D eigenvalue weighted by atomic mass is 10.1. The summed E-state index contributed by atoms with van der Waals surface area (Å²) in [5.74, 6) is -0.0390. The second-order valence-corrected chi connectivity index (χ2v) is 4.44. The zero-order valence-electron chi connectivity index (χ0n) is 10.8. The number of aromatic nitrogens is 1. The van der Waals surface area contributed by atoms with Gasteiger partial charge in [0, 0.05) is 38.1 Å². The number of hydrogen-bond acceptors (Lipinski definition) is 4. The van der Waals surface area contributed by atoms with E-state index < -0.39 is 0 Å². The smallest absolute Gasteiger partial charge is 0.272 e. The minimum absolute atomic E-state index is 0.0390. The summed E-state index contributed by atoms with van der Waals surface area (Å²) in [6, 6.07) is 3.66. The molecule has 5 nitrogen and oxygen atoms in total. The lowest BCUT2D eigenvalue weighted by Gasteiger charge is -2.37. The van der Waals surface area contributed by atoms with Crippen molar-refractivity contribution < 1.29 is 9.90 Å². The van der Waals surface area contributed by atoms with Gasteiger partial charge in [0.05, 0.1) is 6.10 Å². The first-order chi connectivity index (χ1) is 8.65. The molecular formula is C13H19N3O2. The lowest BCUT2D eigenvalue weighted by Crippen LogP contribution is -2.50. The first-order valence-corrected chi connectivity index (χ1v) is 6.34. The topological polar surface area (TPSA) is 56.7 Å². The minimum Gasteiger partial charge on any atom is -0.389 e. The molecule has 1 fully saturated rings. The summed E-state index contributed by atoms with van der Waals surface area (Å²) in [4.78, 5) is 20.1. The summed E-state index contributed by atoms with van der Waals surface area (Å²) in [6.07, 6.45) is 1.40. The highest BCUT2D eigenvalue weighted by atomic mass is 16.3. The molecule has 1 aliphatic heterocycles. The number of anilines is 1. The normalized spacial score (nSPS) is 15.4. The van der Waals surface area contributed by atoms with E-state index in [2.05, 4.69) is 4.98 Å². The maximum atomic E-state index is 12.1. The maximum absolute atomic E-state index is 12.1. The minimum atomic E-state index is -0.250. The Kier molecular flexibility index (Phi) is 3.81. The van der Waals surface area contributed by atoms with Crippen LogP contribution in [0.1, 0.15) is 24.3 Å². The van der Waals surface area contributed by atoms with Crippen LogP contribution in [0.4, 0.5) is 5.69 Å². The van der Waals surface area contributed by atoms with Crippen LogP contribution >= 0.6 is 0 Å². The predicted molar refractivity (Wildman–Crippen MR) is 69.7 cm³/mol. The molecule has 0 bridgehead atoms. The van der Waals surface area contributed by atoms with Gasteiger partial charge in [0.15, 0.2) is 0 Å². The standard InChI is InChI=1S/C13H19N3O2/c1-3-15(4-2)13(18)12-7-10(5-6-14-12)16-8-11(17)9-16/h5-7,11,17H,3-4,8-9H2,1-2H3. The Balaban J connectivity index is 2.14. The summed E-state index contributed by atoms with van der Waals surface area (Å²) < 4.78 is 0. The van der Waals surface area contributed by atoms with Crippen LogP contribution in [0, 0.1) is 0 Å². The van der Waals surface area contributed by atoms with Crippen LogP contribution in [0.2, 0.25) is 0 Å². The number of carbonyl (C=O) groups is 1. The summed E-state index contributed by atoms with van der Waals surface area (Å²) in [6.45, 7) is 6.53. The molecule has 0 atom stereocenters. The fourth-order valence-corrected chi connectivity index (χ4v) is 2.07. The van der Waals surface area contributed by atoms with Crippen molar-refractivity contribution in [1.82, 2.24) is 9.88 Å². The van der Waals surface area contributed by atoms with E-state index in [1.807, 2.05) is 24.8 Å². The van der Waals surface area contributed by atoms with Gasteiger partial charge < -0.3 is 14.9 Å². The van der Waals surface area contributed by atoms with E-state index in [1.165, 1.54) is 0 Å². The molecule has 1 aromatic heterocycles. The molecule has 0 aromatic carbocycles. The average Bonchev–Trinajstić information content (AvgIpc) is 2.36. The molecule has 2 heterocycles. The molecule has 0 radical (unpaired) electrons. The van der Waals surface area contributed by atoms with E-state index in [0.717, 1.165) is 5.69 Å². The van der Waals surface area contributed by atoms with Crippen LogP contribution in [0.15, 0.2) is 18.3 Å². The van der Waals surface area contributed by atoms with E-state index in [-0.39, 0.29) is 12.0 Å². The first kappa shape index (κ1) is 12.8.